The van der Waals surface area contributed by atoms with E-state index < -0.39 is 17.9 Å². The lowest BCUT2D eigenvalue weighted by molar-refractivity contribution is -0.242. The smallest absolute Gasteiger partial charge is 0.427 e. The molecule has 0 saturated carbocycles. The van der Waals surface area contributed by atoms with Gasteiger partial charge < -0.3 is 19.5 Å². The first-order valence-corrected chi connectivity index (χ1v) is 8.33. The number of rotatable bonds is 4. The maximum absolute atomic E-state index is 12.8. The molecule has 1 atom stereocenters. The van der Waals surface area contributed by atoms with E-state index in [-0.39, 0.29) is 6.10 Å². The van der Waals surface area contributed by atoms with E-state index in [1.165, 1.54) is 0 Å². The first-order valence-electron chi connectivity index (χ1n) is 8.33. The topological polar surface area (TPSA) is 68.8 Å². The minimum absolute atomic E-state index is 0.0350. The summed E-state index contributed by atoms with van der Waals surface area (Å²) in [5, 5.41) is 5.52. The summed E-state index contributed by atoms with van der Waals surface area (Å²) >= 11 is 0. The summed E-state index contributed by atoms with van der Waals surface area (Å²) in [5.74, 6) is 1.15. The third kappa shape index (κ3) is 4.14. The van der Waals surface area contributed by atoms with E-state index in [9.17, 15) is 18.0 Å². The van der Waals surface area contributed by atoms with Crippen LogP contribution in [0.3, 0.4) is 0 Å². The molecule has 0 aliphatic carbocycles. The van der Waals surface area contributed by atoms with Crippen LogP contribution in [-0.2, 0) is 9.47 Å². The summed E-state index contributed by atoms with van der Waals surface area (Å²) in [5.41, 5.74) is -1.60. The van der Waals surface area contributed by atoms with Gasteiger partial charge in [0, 0.05) is 11.6 Å². The van der Waals surface area contributed by atoms with Gasteiger partial charge in [-0.3, -0.25) is 5.32 Å². The third-order valence-electron chi connectivity index (χ3n) is 4.37. The second-order valence-electron chi connectivity index (χ2n) is 6.99. The van der Waals surface area contributed by atoms with Crippen LogP contribution >= 0.6 is 0 Å². The van der Waals surface area contributed by atoms with Gasteiger partial charge in [0.15, 0.2) is 0 Å². The summed E-state index contributed by atoms with van der Waals surface area (Å²) in [6.45, 7) is 3.71. The fraction of sp³-hybridized carbons (Fsp3) is 0.588. The predicted octanol–water partition coefficient (Wildman–Crippen LogP) is 3.79. The average molecular weight is 374 g/mol. The second-order valence-corrected chi connectivity index (χ2v) is 6.99. The molecule has 0 spiro atoms. The number of hydrogen-bond donors (Lipinski definition) is 2. The highest BCUT2D eigenvalue weighted by Gasteiger charge is 2.51. The van der Waals surface area contributed by atoms with Crippen molar-refractivity contribution in [2.45, 2.75) is 38.1 Å². The molecule has 144 valence electrons. The lowest BCUT2D eigenvalue weighted by atomic mass is 9.99. The summed E-state index contributed by atoms with van der Waals surface area (Å²) in [6.07, 6.45) is -4.90. The molecule has 2 N–H and O–H groups in total. The van der Waals surface area contributed by atoms with Gasteiger partial charge in [0.2, 0.25) is 5.60 Å². The van der Waals surface area contributed by atoms with E-state index in [4.69, 9.17) is 9.47 Å². The zero-order valence-electron chi connectivity index (χ0n) is 14.5. The Hall–Kier alpha value is -2.16. The minimum atomic E-state index is -4.66. The van der Waals surface area contributed by atoms with E-state index in [1.54, 1.807) is 18.2 Å². The number of ether oxygens (including phenoxy) is 3. The highest BCUT2D eigenvalue weighted by molar-refractivity contribution is 5.86. The summed E-state index contributed by atoms with van der Waals surface area (Å²) in [7, 11) is 0. The van der Waals surface area contributed by atoms with Crippen LogP contribution < -0.4 is 15.4 Å². The van der Waals surface area contributed by atoms with Crippen LogP contribution in [0.25, 0.3) is 0 Å². The summed E-state index contributed by atoms with van der Waals surface area (Å²) in [4.78, 5) is 11.8. The number of amides is 1. The summed E-state index contributed by atoms with van der Waals surface area (Å²) in [6, 6.07) is 4.81. The molecule has 2 heterocycles. The predicted molar refractivity (Wildman–Crippen MR) is 88.5 cm³/mol. The SMILES string of the molecule is CC(C)(OC(=O)Nc1ccc2c(c1)NC[C@H](CC1COC1)O2)C(F)(F)F. The number of carbonyl (C=O) groups is 1. The molecule has 0 aromatic heterocycles. The number of nitrogens with one attached hydrogen (secondary N) is 2. The van der Waals surface area contributed by atoms with E-state index in [0.717, 1.165) is 33.5 Å². The number of carbonyl (C=O) groups excluding carboxylic acids is 1. The molecule has 2 aliphatic rings. The van der Waals surface area contributed by atoms with Crippen LogP contribution in [0.2, 0.25) is 0 Å². The van der Waals surface area contributed by atoms with Crippen LogP contribution in [0.5, 0.6) is 5.75 Å². The van der Waals surface area contributed by atoms with Crippen molar-refractivity contribution >= 4 is 17.5 Å². The monoisotopic (exact) mass is 374 g/mol. The molecule has 0 radical (unpaired) electrons. The van der Waals surface area contributed by atoms with Crippen LogP contribution in [0.1, 0.15) is 20.3 Å². The lowest BCUT2D eigenvalue weighted by Gasteiger charge is -2.33. The number of benzene rings is 1. The third-order valence-corrected chi connectivity index (χ3v) is 4.37. The molecule has 3 rings (SSSR count). The highest BCUT2D eigenvalue weighted by atomic mass is 19.4. The van der Waals surface area contributed by atoms with Gasteiger partial charge in [0.1, 0.15) is 11.9 Å². The van der Waals surface area contributed by atoms with Gasteiger partial charge in [-0.15, -0.1) is 0 Å². The van der Waals surface area contributed by atoms with Gasteiger partial charge in [-0.2, -0.15) is 13.2 Å². The molecule has 1 aromatic rings. The number of fused-ring (bicyclic) bond motifs is 1. The first-order chi connectivity index (χ1) is 12.1. The maximum atomic E-state index is 12.8. The van der Waals surface area contributed by atoms with Crippen molar-refractivity contribution in [3.8, 4) is 5.75 Å². The molecule has 1 fully saturated rings. The number of halogens is 3. The van der Waals surface area contributed by atoms with Gasteiger partial charge in [0.25, 0.3) is 0 Å². The number of anilines is 2. The van der Waals surface area contributed by atoms with Crippen molar-refractivity contribution in [1.82, 2.24) is 0 Å². The van der Waals surface area contributed by atoms with Crippen molar-refractivity contribution in [2.24, 2.45) is 5.92 Å². The molecular weight excluding hydrogens is 353 g/mol. The lowest BCUT2D eigenvalue weighted by Crippen LogP contribution is -2.44. The van der Waals surface area contributed by atoms with Gasteiger partial charge in [-0.1, -0.05) is 0 Å². The number of alkyl halides is 3. The molecule has 0 bridgehead atoms. The summed E-state index contributed by atoms with van der Waals surface area (Å²) < 4.78 is 53.9. The molecule has 9 heteroatoms. The van der Waals surface area contributed by atoms with E-state index in [2.05, 4.69) is 15.4 Å². The zero-order valence-corrected chi connectivity index (χ0v) is 14.5. The van der Waals surface area contributed by atoms with Crippen molar-refractivity contribution < 1.29 is 32.2 Å². The molecule has 26 heavy (non-hydrogen) atoms. The van der Waals surface area contributed by atoms with Gasteiger partial charge in [0.05, 0.1) is 25.4 Å². The second kappa shape index (κ2) is 6.86. The average Bonchev–Trinajstić information content (AvgIpc) is 2.49. The quantitative estimate of drug-likeness (QED) is 0.839. The standard InChI is InChI=1S/C17H21F3N2O4/c1-16(2,17(18,19)20)26-15(23)22-11-3-4-14-13(6-11)21-7-12(25-14)5-10-8-24-9-10/h3-4,6,10,12,21H,5,7-9H2,1-2H3,(H,22,23)/t12-/m0/s1. The molecule has 6 nitrogen and oxygen atoms in total. The fourth-order valence-electron chi connectivity index (χ4n) is 2.65. The minimum Gasteiger partial charge on any atom is -0.486 e. The van der Waals surface area contributed by atoms with Crippen molar-refractivity contribution in [3.05, 3.63) is 18.2 Å². The zero-order chi connectivity index (χ0) is 18.9. The van der Waals surface area contributed by atoms with Crippen molar-refractivity contribution in [3.63, 3.8) is 0 Å². The molecule has 2 aliphatic heterocycles. The largest absolute Gasteiger partial charge is 0.486 e. The Morgan fingerprint density at radius 3 is 2.69 bits per heavy atom. The number of hydrogen-bond acceptors (Lipinski definition) is 5. The Morgan fingerprint density at radius 2 is 2.08 bits per heavy atom. The fourth-order valence-corrected chi connectivity index (χ4v) is 2.65. The van der Waals surface area contributed by atoms with E-state index in [0.29, 0.717) is 29.6 Å². The van der Waals surface area contributed by atoms with Gasteiger partial charge in [-0.25, -0.2) is 4.79 Å². The van der Waals surface area contributed by atoms with Crippen molar-refractivity contribution in [2.75, 3.05) is 30.4 Å². The van der Waals surface area contributed by atoms with Gasteiger partial charge >= 0.3 is 12.3 Å². The van der Waals surface area contributed by atoms with Gasteiger partial charge in [-0.05, 0) is 38.5 Å². The highest BCUT2D eigenvalue weighted by Crippen LogP contribution is 2.35. The molecule has 1 saturated heterocycles. The Balaban J connectivity index is 1.58. The molecule has 1 amide bonds. The molecule has 1 aromatic carbocycles. The first kappa shape index (κ1) is 18.6. The molecular formula is C17H21F3N2O4. The molecule has 0 unspecified atom stereocenters. The van der Waals surface area contributed by atoms with Crippen LogP contribution in [0.4, 0.5) is 29.3 Å². The normalized spacial score (nSPS) is 20.3. The van der Waals surface area contributed by atoms with E-state index >= 15 is 0 Å². The van der Waals surface area contributed by atoms with Crippen LogP contribution in [0.15, 0.2) is 18.2 Å². The Kier molecular flexibility index (Phi) is 4.92. The Morgan fingerprint density at radius 1 is 1.35 bits per heavy atom. The van der Waals surface area contributed by atoms with E-state index in [1.807, 2.05) is 0 Å². The Labute approximate surface area is 149 Å². The maximum Gasteiger partial charge on any atom is 0.427 e. The van der Waals surface area contributed by atoms with Crippen molar-refractivity contribution in [1.29, 1.82) is 0 Å². The Bertz CT molecular complexity index is 674. The van der Waals surface area contributed by atoms with Crippen LogP contribution in [-0.4, -0.2) is 43.7 Å². The van der Waals surface area contributed by atoms with Crippen LogP contribution in [0, 0.1) is 5.92 Å².